The Hall–Kier alpha value is -3.02. The maximum atomic E-state index is 13.4. The van der Waals surface area contributed by atoms with Gasteiger partial charge in [-0.05, 0) is 30.2 Å². The van der Waals surface area contributed by atoms with E-state index in [1.165, 1.54) is 17.7 Å². The van der Waals surface area contributed by atoms with Gasteiger partial charge in [0.25, 0.3) is 0 Å². The number of benzene rings is 2. The van der Waals surface area contributed by atoms with Crippen molar-refractivity contribution in [2.75, 3.05) is 11.4 Å². The van der Waals surface area contributed by atoms with Gasteiger partial charge in [-0.25, -0.2) is 4.39 Å². The quantitative estimate of drug-likeness (QED) is 0.714. The highest BCUT2D eigenvalue weighted by Gasteiger charge is 2.35. The molecule has 0 bridgehead atoms. The molecule has 0 spiro atoms. The molecule has 1 aliphatic heterocycles. The molecule has 0 aliphatic carbocycles. The van der Waals surface area contributed by atoms with Gasteiger partial charge in [-0.3, -0.25) is 4.79 Å². The van der Waals surface area contributed by atoms with Crippen molar-refractivity contribution in [3.63, 3.8) is 0 Å². The number of carbonyl (C=O) groups is 1. The number of hydrogen-bond donors (Lipinski definition) is 0. The molecular weight excluding hydrogens is 333 g/mol. The van der Waals surface area contributed by atoms with Gasteiger partial charge in [0.05, 0.1) is 5.92 Å². The van der Waals surface area contributed by atoms with Crippen LogP contribution in [0.1, 0.15) is 30.7 Å². The lowest BCUT2D eigenvalue weighted by atomic mass is 10.1. The van der Waals surface area contributed by atoms with Gasteiger partial charge in [-0.2, -0.15) is 4.98 Å². The molecule has 2 heterocycles. The summed E-state index contributed by atoms with van der Waals surface area (Å²) in [6.07, 6.45) is 1.24. The van der Waals surface area contributed by atoms with Crippen molar-refractivity contribution in [3.05, 3.63) is 65.8 Å². The van der Waals surface area contributed by atoms with E-state index in [1.807, 2.05) is 24.3 Å². The van der Waals surface area contributed by atoms with Gasteiger partial charge in [0, 0.05) is 24.2 Å². The second-order valence-corrected chi connectivity index (χ2v) is 6.39. The van der Waals surface area contributed by atoms with Gasteiger partial charge in [-0.1, -0.05) is 42.4 Å². The lowest BCUT2D eigenvalue weighted by Crippen LogP contribution is -2.24. The fourth-order valence-electron chi connectivity index (χ4n) is 3.17. The van der Waals surface area contributed by atoms with Gasteiger partial charge in [0.15, 0.2) is 0 Å². The molecule has 3 aromatic rings. The standard InChI is InChI=1S/C20H18FN3O2/c1-2-13-6-8-14(9-7-13)19-22-20(26-23-19)15-10-18(25)24(12-15)17-5-3-4-16(21)11-17/h3-9,11,15H,2,10,12H2,1H3. The molecule has 1 aliphatic rings. The van der Waals surface area contributed by atoms with E-state index in [4.69, 9.17) is 4.52 Å². The minimum absolute atomic E-state index is 0.0763. The number of aryl methyl sites for hydroxylation is 1. The molecular formula is C20H18FN3O2. The van der Waals surface area contributed by atoms with Crippen molar-refractivity contribution in [1.82, 2.24) is 10.1 Å². The first-order valence-electron chi connectivity index (χ1n) is 8.63. The highest BCUT2D eigenvalue weighted by molar-refractivity contribution is 5.96. The number of anilines is 1. The Bertz CT molecular complexity index is 936. The molecule has 5 nitrogen and oxygen atoms in total. The fourth-order valence-corrected chi connectivity index (χ4v) is 3.17. The third-order valence-electron chi connectivity index (χ3n) is 4.66. The van der Waals surface area contributed by atoms with Crippen LogP contribution < -0.4 is 4.90 Å². The number of carbonyl (C=O) groups excluding carboxylic acids is 1. The Morgan fingerprint density at radius 2 is 2.04 bits per heavy atom. The molecule has 2 aromatic carbocycles. The minimum Gasteiger partial charge on any atom is -0.339 e. The van der Waals surface area contributed by atoms with Crippen LogP contribution in [0.4, 0.5) is 10.1 Å². The Balaban J connectivity index is 1.53. The first-order valence-corrected chi connectivity index (χ1v) is 8.63. The highest BCUT2D eigenvalue weighted by Crippen LogP contribution is 2.32. The average Bonchev–Trinajstić information content (AvgIpc) is 3.29. The third-order valence-corrected chi connectivity index (χ3v) is 4.66. The molecule has 6 heteroatoms. The van der Waals surface area contributed by atoms with Gasteiger partial charge < -0.3 is 9.42 Å². The zero-order valence-electron chi connectivity index (χ0n) is 14.4. The summed E-state index contributed by atoms with van der Waals surface area (Å²) in [5, 5.41) is 4.05. The maximum absolute atomic E-state index is 13.4. The molecule has 0 N–H and O–H groups in total. The summed E-state index contributed by atoms with van der Waals surface area (Å²) in [4.78, 5) is 18.4. The first-order chi connectivity index (χ1) is 12.6. The minimum atomic E-state index is -0.366. The Morgan fingerprint density at radius 1 is 1.23 bits per heavy atom. The second kappa shape index (κ2) is 6.71. The van der Waals surface area contributed by atoms with Gasteiger partial charge >= 0.3 is 0 Å². The molecule has 1 saturated heterocycles. The largest absolute Gasteiger partial charge is 0.339 e. The average molecular weight is 351 g/mol. The number of aromatic nitrogens is 2. The molecule has 1 fully saturated rings. The molecule has 1 aromatic heterocycles. The van der Waals surface area contributed by atoms with E-state index >= 15 is 0 Å². The van der Waals surface area contributed by atoms with Gasteiger partial charge in [0.1, 0.15) is 5.82 Å². The van der Waals surface area contributed by atoms with Crippen LogP contribution in [0, 0.1) is 5.82 Å². The summed E-state index contributed by atoms with van der Waals surface area (Å²) in [6.45, 7) is 2.50. The summed E-state index contributed by atoms with van der Waals surface area (Å²) in [5.74, 6) is 0.315. The third kappa shape index (κ3) is 3.10. The van der Waals surface area contributed by atoms with Crippen LogP contribution in [0.25, 0.3) is 11.4 Å². The van der Waals surface area contributed by atoms with E-state index in [0.29, 0.717) is 23.9 Å². The summed E-state index contributed by atoms with van der Waals surface area (Å²) >= 11 is 0. The number of amides is 1. The lowest BCUT2D eigenvalue weighted by molar-refractivity contribution is -0.117. The SMILES string of the molecule is CCc1ccc(-c2noc(C3CC(=O)N(c4cccc(F)c4)C3)n2)cc1. The van der Waals surface area contributed by atoms with Gasteiger partial charge in [0.2, 0.25) is 17.6 Å². The summed E-state index contributed by atoms with van der Waals surface area (Å²) in [6, 6.07) is 14.0. The maximum Gasteiger partial charge on any atom is 0.232 e. The van der Waals surface area contributed by atoms with E-state index in [1.54, 1.807) is 17.0 Å². The van der Waals surface area contributed by atoms with Crippen LogP contribution in [0.15, 0.2) is 53.1 Å². The number of nitrogens with zero attached hydrogens (tertiary/aromatic N) is 3. The zero-order chi connectivity index (χ0) is 18.1. The number of halogens is 1. The monoisotopic (exact) mass is 351 g/mol. The first kappa shape index (κ1) is 16.4. The fraction of sp³-hybridized carbons (Fsp3) is 0.250. The van der Waals surface area contributed by atoms with Crippen molar-refractivity contribution in [3.8, 4) is 11.4 Å². The molecule has 0 radical (unpaired) electrons. The number of hydrogen-bond acceptors (Lipinski definition) is 4. The Kier molecular flexibility index (Phi) is 4.24. The van der Waals surface area contributed by atoms with Crippen LogP contribution in [-0.2, 0) is 11.2 Å². The van der Waals surface area contributed by atoms with Crippen LogP contribution in [-0.4, -0.2) is 22.6 Å². The van der Waals surface area contributed by atoms with Crippen molar-refractivity contribution in [1.29, 1.82) is 0 Å². The van der Waals surface area contributed by atoms with E-state index in [9.17, 15) is 9.18 Å². The summed E-state index contributed by atoms with van der Waals surface area (Å²) < 4.78 is 18.8. The van der Waals surface area contributed by atoms with Crippen molar-refractivity contribution < 1.29 is 13.7 Å². The van der Waals surface area contributed by atoms with E-state index < -0.39 is 0 Å². The van der Waals surface area contributed by atoms with Crippen LogP contribution in [0.3, 0.4) is 0 Å². The van der Waals surface area contributed by atoms with Crippen LogP contribution in [0.5, 0.6) is 0 Å². The summed E-state index contributed by atoms with van der Waals surface area (Å²) in [5.41, 5.74) is 2.67. The van der Waals surface area contributed by atoms with Crippen molar-refractivity contribution in [2.45, 2.75) is 25.7 Å². The molecule has 1 atom stereocenters. The predicted molar refractivity (Wildman–Crippen MR) is 95.2 cm³/mol. The zero-order valence-corrected chi connectivity index (χ0v) is 14.4. The molecule has 26 heavy (non-hydrogen) atoms. The van der Waals surface area contributed by atoms with Crippen molar-refractivity contribution in [2.24, 2.45) is 0 Å². The predicted octanol–water partition coefficient (Wildman–Crippen LogP) is 3.96. The molecule has 1 amide bonds. The molecule has 1 unspecified atom stereocenters. The second-order valence-electron chi connectivity index (χ2n) is 6.39. The van der Waals surface area contributed by atoms with E-state index in [2.05, 4.69) is 17.1 Å². The summed E-state index contributed by atoms with van der Waals surface area (Å²) in [7, 11) is 0. The van der Waals surface area contributed by atoms with Crippen molar-refractivity contribution >= 4 is 11.6 Å². The van der Waals surface area contributed by atoms with Crippen LogP contribution in [0.2, 0.25) is 0 Å². The van der Waals surface area contributed by atoms with Crippen LogP contribution >= 0.6 is 0 Å². The van der Waals surface area contributed by atoms with E-state index in [0.717, 1.165) is 12.0 Å². The van der Waals surface area contributed by atoms with E-state index in [-0.39, 0.29) is 24.1 Å². The number of rotatable bonds is 4. The molecule has 132 valence electrons. The lowest BCUT2D eigenvalue weighted by Gasteiger charge is -2.15. The topological polar surface area (TPSA) is 59.2 Å². The Labute approximate surface area is 150 Å². The molecule has 4 rings (SSSR count). The smallest absolute Gasteiger partial charge is 0.232 e. The van der Waals surface area contributed by atoms with Gasteiger partial charge in [-0.15, -0.1) is 0 Å². The normalized spacial score (nSPS) is 17.1. The Morgan fingerprint density at radius 3 is 2.77 bits per heavy atom. The highest BCUT2D eigenvalue weighted by atomic mass is 19.1. The molecule has 0 saturated carbocycles.